The average Bonchev–Trinajstić information content (AvgIpc) is 3.54. The molecular formula is C27H35FN2O3S. The van der Waals surface area contributed by atoms with Gasteiger partial charge in [0.15, 0.2) is 0 Å². The SMILES string of the molecule is CC[C@H](C)CN(CC(=O)N1CCc2sccc2[C@H]1COc1ccc(F)cc1)C(=O)C1CCCC1. The number of hydrogen-bond donors (Lipinski definition) is 0. The number of nitrogens with zero attached hydrogens (tertiary/aromatic N) is 2. The first-order chi connectivity index (χ1) is 16.5. The van der Waals surface area contributed by atoms with Crippen molar-refractivity contribution in [3.05, 3.63) is 52.0 Å². The van der Waals surface area contributed by atoms with Gasteiger partial charge < -0.3 is 14.5 Å². The minimum Gasteiger partial charge on any atom is -0.491 e. The number of hydrogen-bond acceptors (Lipinski definition) is 4. The number of rotatable bonds is 9. The van der Waals surface area contributed by atoms with E-state index in [1.54, 1.807) is 23.5 Å². The van der Waals surface area contributed by atoms with Crippen LogP contribution in [0.25, 0.3) is 0 Å². The Morgan fingerprint density at radius 2 is 1.94 bits per heavy atom. The van der Waals surface area contributed by atoms with Crippen LogP contribution in [-0.4, -0.2) is 47.9 Å². The Bertz CT molecular complexity index is 971. The minimum atomic E-state index is -0.310. The quantitative estimate of drug-likeness (QED) is 0.473. The maximum atomic E-state index is 13.6. The van der Waals surface area contributed by atoms with Crippen molar-refractivity contribution < 1.29 is 18.7 Å². The second-order valence-corrected chi connectivity index (χ2v) is 10.6. The van der Waals surface area contributed by atoms with E-state index in [1.165, 1.54) is 17.0 Å². The molecule has 1 aliphatic heterocycles. The van der Waals surface area contributed by atoms with Crippen molar-refractivity contribution in [2.75, 3.05) is 26.2 Å². The molecule has 0 spiro atoms. The molecule has 2 amide bonds. The summed E-state index contributed by atoms with van der Waals surface area (Å²) in [4.78, 5) is 31.9. The van der Waals surface area contributed by atoms with Crippen molar-refractivity contribution in [1.82, 2.24) is 9.80 Å². The third-order valence-electron chi connectivity index (χ3n) is 7.21. The fraction of sp³-hybridized carbons (Fsp3) is 0.556. The molecule has 2 atom stereocenters. The lowest BCUT2D eigenvalue weighted by Gasteiger charge is -2.37. The number of halogens is 1. The number of benzene rings is 1. The van der Waals surface area contributed by atoms with Crippen LogP contribution < -0.4 is 4.74 Å². The van der Waals surface area contributed by atoms with Gasteiger partial charge in [-0.1, -0.05) is 33.1 Å². The summed E-state index contributed by atoms with van der Waals surface area (Å²) in [6, 6.07) is 7.80. The summed E-state index contributed by atoms with van der Waals surface area (Å²) in [6.07, 6.45) is 5.83. The standard InChI is InChI=1S/C27H35FN2O3S/c1-3-19(2)16-29(27(32)20-6-4-5-7-20)17-26(31)30-14-12-25-23(13-15-34-25)24(30)18-33-22-10-8-21(28)9-11-22/h8-11,13,15,19-20,24H,3-7,12,14,16-18H2,1-2H3/t19-,24+/m0/s1. The molecule has 0 unspecified atom stereocenters. The molecule has 0 radical (unpaired) electrons. The molecule has 4 rings (SSSR count). The molecule has 34 heavy (non-hydrogen) atoms. The van der Waals surface area contributed by atoms with Crippen LogP contribution in [0.1, 0.15) is 62.4 Å². The van der Waals surface area contributed by atoms with Crippen LogP contribution in [0, 0.1) is 17.7 Å². The van der Waals surface area contributed by atoms with E-state index in [4.69, 9.17) is 4.74 Å². The number of carbonyl (C=O) groups excluding carboxylic acids is 2. The second-order valence-electron chi connectivity index (χ2n) is 9.63. The number of fused-ring (bicyclic) bond motifs is 1. The zero-order valence-corrected chi connectivity index (χ0v) is 21.0. The van der Waals surface area contributed by atoms with Crippen molar-refractivity contribution in [2.24, 2.45) is 11.8 Å². The minimum absolute atomic E-state index is 0.0285. The van der Waals surface area contributed by atoms with Crippen LogP contribution in [-0.2, 0) is 16.0 Å². The van der Waals surface area contributed by atoms with Gasteiger partial charge in [-0.25, -0.2) is 4.39 Å². The Morgan fingerprint density at radius 3 is 2.65 bits per heavy atom. The Morgan fingerprint density at radius 1 is 1.21 bits per heavy atom. The molecule has 184 valence electrons. The highest BCUT2D eigenvalue weighted by Crippen LogP contribution is 2.34. The first kappa shape index (κ1) is 24.7. The molecule has 1 aliphatic carbocycles. The van der Waals surface area contributed by atoms with Gasteiger partial charge in [-0.2, -0.15) is 0 Å². The molecule has 0 N–H and O–H groups in total. The maximum absolute atomic E-state index is 13.6. The molecule has 2 aliphatic rings. The molecule has 1 saturated carbocycles. The van der Waals surface area contributed by atoms with E-state index in [1.807, 2.05) is 9.80 Å². The van der Waals surface area contributed by atoms with Crippen LogP contribution in [0.2, 0.25) is 0 Å². The van der Waals surface area contributed by atoms with E-state index in [-0.39, 0.29) is 36.1 Å². The average molecular weight is 487 g/mol. The molecule has 7 heteroatoms. The lowest BCUT2D eigenvalue weighted by atomic mass is 10.00. The largest absolute Gasteiger partial charge is 0.491 e. The molecular weight excluding hydrogens is 451 g/mol. The lowest BCUT2D eigenvalue weighted by Crippen LogP contribution is -2.49. The normalized spacial score (nSPS) is 19.0. The van der Waals surface area contributed by atoms with Crippen molar-refractivity contribution in [3.8, 4) is 5.75 Å². The Hall–Kier alpha value is -2.41. The third-order valence-corrected chi connectivity index (χ3v) is 8.20. The summed E-state index contributed by atoms with van der Waals surface area (Å²) in [5.74, 6) is 0.777. The smallest absolute Gasteiger partial charge is 0.242 e. The Kier molecular flexibility index (Phi) is 8.24. The van der Waals surface area contributed by atoms with E-state index in [9.17, 15) is 14.0 Å². The number of carbonyl (C=O) groups is 2. The fourth-order valence-electron chi connectivity index (χ4n) is 5.00. The number of ether oxygens (including phenoxy) is 1. The van der Waals surface area contributed by atoms with Crippen LogP contribution in [0.5, 0.6) is 5.75 Å². The molecule has 1 aromatic heterocycles. The predicted octanol–water partition coefficient (Wildman–Crippen LogP) is 5.46. The van der Waals surface area contributed by atoms with E-state index < -0.39 is 0 Å². The zero-order chi connectivity index (χ0) is 24.1. The van der Waals surface area contributed by atoms with E-state index in [0.29, 0.717) is 31.4 Å². The molecule has 0 saturated heterocycles. The third kappa shape index (κ3) is 5.80. The molecule has 1 aromatic carbocycles. The van der Waals surface area contributed by atoms with Gasteiger partial charge >= 0.3 is 0 Å². The first-order valence-corrected chi connectivity index (χ1v) is 13.4. The Balaban J connectivity index is 1.49. The van der Waals surface area contributed by atoms with Gasteiger partial charge in [-0.3, -0.25) is 9.59 Å². The van der Waals surface area contributed by atoms with Crippen LogP contribution >= 0.6 is 11.3 Å². The van der Waals surface area contributed by atoms with Crippen molar-refractivity contribution in [1.29, 1.82) is 0 Å². The number of amides is 2. The summed E-state index contributed by atoms with van der Waals surface area (Å²) in [5, 5.41) is 2.06. The molecule has 2 heterocycles. The van der Waals surface area contributed by atoms with Gasteiger partial charge in [0.05, 0.1) is 12.6 Å². The molecule has 5 nitrogen and oxygen atoms in total. The van der Waals surface area contributed by atoms with Crippen molar-refractivity contribution >= 4 is 23.2 Å². The number of thiophene rings is 1. The highest BCUT2D eigenvalue weighted by molar-refractivity contribution is 7.10. The lowest BCUT2D eigenvalue weighted by molar-refractivity contribution is -0.145. The second kappa shape index (κ2) is 11.3. The highest BCUT2D eigenvalue weighted by atomic mass is 32.1. The van der Waals surface area contributed by atoms with Gasteiger partial charge in [0.25, 0.3) is 0 Å². The van der Waals surface area contributed by atoms with Crippen molar-refractivity contribution in [3.63, 3.8) is 0 Å². The van der Waals surface area contributed by atoms with Crippen LogP contribution in [0.15, 0.2) is 35.7 Å². The Labute approximate surface area is 205 Å². The van der Waals surface area contributed by atoms with Gasteiger partial charge in [-0.15, -0.1) is 11.3 Å². The molecule has 2 aromatic rings. The predicted molar refractivity (Wildman–Crippen MR) is 132 cm³/mol. The summed E-state index contributed by atoms with van der Waals surface area (Å²) in [6.45, 7) is 5.90. The van der Waals surface area contributed by atoms with Gasteiger partial charge in [-0.05, 0) is 66.5 Å². The zero-order valence-electron chi connectivity index (χ0n) is 20.2. The molecule has 1 fully saturated rings. The highest BCUT2D eigenvalue weighted by Gasteiger charge is 2.35. The summed E-state index contributed by atoms with van der Waals surface area (Å²) in [5.41, 5.74) is 1.11. The maximum Gasteiger partial charge on any atom is 0.242 e. The first-order valence-electron chi connectivity index (χ1n) is 12.5. The summed E-state index contributed by atoms with van der Waals surface area (Å²) in [7, 11) is 0. The van der Waals surface area contributed by atoms with Crippen LogP contribution in [0.4, 0.5) is 4.39 Å². The van der Waals surface area contributed by atoms with E-state index in [0.717, 1.165) is 44.1 Å². The van der Waals surface area contributed by atoms with Crippen molar-refractivity contribution in [2.45, 2.75) is 58.4 Å². The fourth-order valence-corrected chi connectivity index (χ4v) is 5.93. The molecule has 0 bridgehead atoms. The monoisotopic (exact) mass is 486 g/mol. The van der Waals surface area contributed by atoms with Crippen LogP contribution in [0.3, 0.4) is 0 Å². The summed E-state index contributed by atoms with van der Waals surface area (Å²) >= 11 is 1.71. The topological polar surface area (TPSA) is 49.9 Å². The van der Waals surface area contributed by atoms with Gasteiger partial charge in [0.2, 0.25) is 11.8 Å². The van der Waals surface area contributed by atoms with E-state index in [2.05, 4.69) is 25.3 Å². The van der Waals surface area contributed by atoms with E-state index >= 15 is 0 Å². The van der Waals surface area contributed by atoms with Gasteiger partial charge in [0.1, 0.15) is 18.2 Å². The van der Waals surface area contributed by atoms with Gasteiger partial charge in [0, 0.05) is 23.9 Å². The summed E-state index contributed by atoms with van der Waals surface area (Å²) < 4.78 is 19.3.